The minimum Gasteiger partial charge on any atom is -0.370 e. The Kier molecular flexibility index (Phi) is 3.60. The molecule has 2 aromatic carbocycles. The lowest BCUT2D eigenvalue weighted by molar-refractivity contribution is -0.118. The molecule has 1 saturated carbocycles. The van der Waals surface area contributed by atoms with E-state index in [2.05, 4.69) is 5.32 Å². The predicted molar refractivity (Wildman–Crippen MR) is 80.4 cm³/mol. The third-order valence-corrected chi connectivity index (χ3v) is 3.74. The molecular formula is C17H17FN2O. The molecular weight excluding hydrogens is 267 g/mol. The standard InChI is InChI=1S/C17H17FN2O/c18-12-4-3-5-13(10-12)20-16(17(19)21)15-7-2-1-6-14(15)11-8-9-11/h1-7,10-11,16,20H,8-9H2,(H2,19,21). The molecule has 0 bridgehead atoms. The van der Waals surface area contributed by atoms with Gasteiger partial charge in [-0.05, 0) is 48.1 Å². The van der Waals surface area contributed by atoms with Crippen LogP contribution in [0.25, 0.3) is 0 Å². The first-order chi connectivity index (χ1) is 10.1. The van der Waals surface area contributed by atoms with Gasteiger partial charge in [0.05, 0.1) is 0 Å². The average molecular weight is 284 g/mol. The summed E-state index contributed by atoms with van der Waals surface area (Å²) in [7, 11) is 0. The van der Waals surface area contributed by atoms with Gasteiger partial charge in [-0.3, -0.25) is 4.79 Å². The van der Waals surface area contributed by atoms with Crippen LogP contribution in [0.4, 0.5) is 10.1 Å². The van der Waals surface area contributed by atoms with E-state index < -0.39 is 11.9 Å². The van der Waals surface area contributed by atoms with Gasteiger partial charge in [0.1, 0.15) is 11.9 Å². The van der Waals surface area contributed by atoms with Crippen LogP contribution in [0.1, 0.15) is 35.9 Å². The number of nitrogens with one attached hydrogen (secondary N) is 1. The van der Waals surface area contributed by atoms with Gasteiger partial charge >= 0.3 is 0 Å². The zero-order valence-corrected chi connectivity index (χ0v) is 11.6. The summed E-state index contributed by atoms with van der Waals surface area (Å²) < 4.78 is 13.3. The minimum absolute atomic E-state index is 0.348. The largest absolute Gasteiger partial charge is 0.370 e. The maximum atomic E-state index is 13.3. The van der Waals surface area contributed by atoms with Gasteiger partial charge in [0.15, 0.2) is 0 Å². The van der Waals surface area contributed by atoms with Crippen LogP contribution in [0.15, 0.2) is 48.5 Å². The fourth-order valence-electron chi connectivity index (χ4n) is 2.59. The molecule has 4 heteroatoms. The van der Waals surface area contributed by atoms with Crippen LogP contribution in [-0.4, -0.2) is 5.91 Å². The molecule has 0 spiro atoms. The third kappa shape index (κ3) is 3.05. The number of primary amides is 1. The Morgan fingerprint density at radius 2 is 1.95 bits per heavy atom. The Balaban J connectivity index is 1.93. The van der Waals surface area contributed by atoms with Crippen LogP contribution in [0.5, 0.6) is 0 Å². The molecule has 3 rings (SSSR count). The van der Waals surface area contributed by atoms with E-state index >= 15 is 0 Å². The minimum atomic E-state index is -0.649. The molecule has 0 aromatic heterocycles. The number of halogens is 1. The molecule has 1 amide bonds. The van der Waals surface area contributed by atoms with Crippen molar-refractivity contribution in [1.82, 2.24) is 0 Å². The van der Waals surface area contributed by atoms with Crippen molar-refractivity contribution in [3.05, 3.63) is 65.5 Å². The normalized spacial score (nSPS) is 15.5. The number of anilines is 1. The Morgan fingerprint density at radius 1 is 1.19 bits per heavy atom. The molecule has 1 atom stereocenters. The zero-order chi connectivity index (χ0) is 14.8. The lowest BCUT2D eigenvalue weighted by Gasteiger charge is -2.20. The summed E-state index contributed by atoms with van der Waals surface area (Å²) in [5.41, 5.74) is 8.14. The van der Waals surface area contributed by atoms with Crippen molar-refractivity contribution >= 4 is 11.6 Å². The topological polar surface area (TPSA) is 55.1 Å². The summed E-state index contributed by atoms with van der Waals surface area (Å²) in [5.74, 6) is -0.302. The lowest BCUT2D eigenvalue weighted by Crippen LogP contribution is -2.28. The summed E-state index contributed by atoms with van der Waals surface area (Å²) in [6, 6.07) is 13.2. The number of benzene rings is 2. The summed E-state index contributed by atoms with van der Waals surface area (Å²) in [6.07, 6.45) is 2.28. The fraction of sp³-hybridized carbons (Fsp3) is 0.235. The van der Waals surface area contributed by atoms with Gasteiger partial charge in [-0.25, -0.2) is 4.39 Å². The van der Waals surface area contributed by atoms with E-state index in [1.807, 2.05) is 24.3 Å². The first-order valence-electron chi connectivity index (χ1n) is 7.05. The summed E-state index contributed by atoms with van der Waals surface area (Å²) in [5, 5.41) is 3.04. The van der Waals surface area contributed by atoms with Crippen molar-refractivity contribution in [3.63, 3.8) is 0 Å². The molecule has 21 heavy (non-hydrogen) atoms. The second-order valence-electron chi connectivity index (χ2n) is 5.39. The van der Waals surface area contributed by atoms with Crippen LogP contribution in [0.2, 0.25) is 0 Å². The monoisotopic (exact) mass is 284 g/mol. The predicted octanol–water partition coefficient (Wildman–Crippen LogP) is 3.34. The van der Waals surface area contributed by atoms with E-state index in [-0.39, 0.29) is 5.82 Å². The summed E-state index contributed by atoms with van der Waals surface area (Å²) in [6.45, 7) is 0. The van der Waals surface area contributed by atoms with Crippen molar-refractivity contribution in [2.24, 2.45) is 5.73 Å². The number of rotatable bonds is 5. The zero-order valence-electron chi connectivity index (χ0n) is 11.6. The molecule has 3 nitrogen and oxygen atoms in total. The maximum Gasteiger partial charge on any atom is 0.244 e. The molecule has 0 aliphatic heterocycles. The number of amides is 1. The first-order valence-corrected chi connectivity index (χ1v) is 7.05. The van der Waals surface area contributed by atoms with E-state index in [0.717, 1.165) is 24.0 Å². The average Bonchev–Trinajstić information content (AvgIpc) is 3.29. The highest BCUT2D eigenvalue weighted by atomic mass is 19.1. The quantitative estimate of drug-likeness (QED) is 0.884. The Bertz CT molecular complexity index is 667. The number of nitrogens with two attached hydrogens (primary N) is 1. The van der Waals surface area contributed by atoms with Crippen molar-refractivity contribution in [2.75, 3.05) is 5.32 Å². The molecule has 1 fully saturated rings. The van der Waals surface area contributed by atoms with Gasteiger partial charge in [-0.2, -0.15) is 0 Å². The molecule has 1 aliphatic rings. The third-order valence-electron chi connectivity index (χ3n) is 3.74. The molecule has 0 heterocycles. The Hall–Kier alpha value is -2.36. The maximum absolute atomic E-state index is 13.3. The highest BCUT2D eigenvalue weighted by Crippen LogP contribution is 2.43. The molecule has 0 radical (unpaired) electrons. The second-order valence-corrected chi connectivity index (χ2v) is 5.39. The smallest absolute Gasteiger partial charge is 0.244 e. The van der Waals surface area contributed by atoms with Gasteiger partial charge in [0.2, 0.25) is 5.91 Å². The number of carbonyl (C=O) groups is 1. The lowest BCUT2D eigenvalue weighted by atomic mass is 9.96. The molecule has 3 N–H and O–H groups in total. The number of hydrogen-bond acceptors (Lipinski definition) is 2. The first kappa shape index (κ1) is 13.6. The number of hydrogen-bond donors (Lipinski definition) is 2. The Labute approximate surface area is 123 Å². The van der Waals surface area contributed by atoms with Crippen LogP contribution in [0.3, 0.4) is 0 Å². The van der Waals surface area contributed by atoms with E-state index in [4.69, 9.17) is 5.73 Å². The van der Waals surface area contributed by atoms with Crippen LogP contribution < -0.4 is 11.1 Å². The summed E-state index contributed by atoms with van der Waals surface area (Å²) in [4.78, 5) is 11.9. The van der Waals surface area contributed by atoms with E-state index in [1.54, 1.807) is 12.1 Å². The van der Waals surface area contributed by atoms with Gasteiger partial charge in [-0.1, -0.05) is 30.3 Å². The highest BCUT2D eigenvalue weighted by molar-refractivity contribution is 5.85. The van der Waals surface area contributed by atoms with Crippen molar-refractivity contribution in [2.45, 2.75) is 24.8 Å². The molecule has 0 saturated heterocycles. The van der Waals surface area contributed by atoms with Gasteiger partial charge in [0.25, 0.3) is 0 Å². The van der Waals surface area contributed by atoms with Crippen molar-refractivity contribution < 1.29 is 9.18 Å². The van der Waals surface area contributed by atoms with Crippen molar-refractivity contribution in [1.29, 1.82) is 0 Å². The molecule has 108 valence electrons. The van der Waals surface area contributed by atoms with E-state index in [0.29, 0.717) is 11.6 Å². The van der Waals surface area contributed by atoms with Crippen LogP contribution in [-0.2, 0) is 4.79 Å². The molecule has 1 unspecified atom stereocenters. The van der Waals surface area contributed by atoms with Gasteiger partial charge in [-0.15, -0.1) is 0 Å². The van der Waals surface area contributed by atoms with E-state index in [1.165, 1.54) is 12.1 Å². The van der Waals surface area contributed by atoms with Crippen molar-refractivity contribution in [3.8, 4) is 0 Å². The molecule has 1 aliphatic carbocycles. The molecule has 2 aromatic rings. The number of carbonyl (C=O) groups excluding carboxylic acids is 1. The Morgan fingerprint density at radius 3 is 2.62 bits per heavy atom. The summed E-state index contributed by atoms with van der Waals surface area (Å²) >= 11 is 0. The second kappa shape index (κ2) is 5.56. The van der Waals surface area contributed by atoms with Gasteiger partial charge in [0, 0.05) is 5.69 Å². The van der Waals surface area contributed by atoms with Gasteiger partial charge < -0.3 is 11.1 Å². The fourth-order valence-corrected chi connectivity index (χ4v) is 2.59. The van der Waals surface area contributed by atoms with E-state index in [9.17, 15) is 9.18 Å². The van der Waals surface area contributed by atoms with Crippen LogP contribution in [0, 0.1) is 5.82 Å². The highest BCUT2D eigenvalue weighted by Gasteiger charge is 2.29. The SMILES string of the molecule is NC(=O)C(Nc1cccc(F)c1)c1ccccc1C1CC1. The van der Waals surface area contributed by atoms with Crippen LogP contribution >= 0.6 is 0 Å².